The summed E-state index contributed by atoms with van der Waals surface area (Å²) in [7, 11) is -4.60. The van der Waals surface area contributed by atoms with Crippen LogP contribution < -0.4 is 5.32 Å². The molecule has 0 saturated carbocycles. The molecule has 174 valence electrons. The van der Waals surface area contributed by atoms with E-state index < -0.39 is 26.0 Å². The molecule has 2 aromatic carbocycles. The predicted octanol–water partition coefficient (Wildman–Crippen LogP) is 1.83. The molecule has 0 unspecified atom stereocenters. The quantitative estimate of drug-likeness (QED) is 0.674. The molecule has 0 atom stereocenters. The van der Waals surface area contributed by atoms with Crippen molar-refractivity contribution in [3.8, 4) is 0 Å². The lowest BCUT2D eigenvalue weighted by molar-refractivity contribution is 0.0730. The first-order valence-electron chi connectivity index (χ1n) is 9.97. The van der Waals surface area contributed by atoms with Crippen LogP contribution in [0.4, 0.5) is 5.69 Å². The van der Waals surface area contributed by atoms with Gasteiger partial charge < -0.3 is 10.1 Å². The lowest BCUT2D eigenvalue weighted by Crippen LogP contribution is -2.40. The first kappa shape index (κ1) is 24.3. The van der Waals surface area contributed by atoms with Crippen LogP contribution in [-0.4, -0.2) is 71.8 Å². The van der Waals surface area contributed by atoms with E-state index in [1.807, 2.05) is 0 Å². The minimum absolute atomic E-state index is 0.0619. The number of hydrogen-bond donors (Lipinski definition) is 1. The molecule has 1 fully saturated rings. The van der Waals surface area contributed by atoms with E-state index in [0.29, 0.717) is 30.0 Å². The number of amides is 1. The maximum Gasteiger partial charge on any atom is 0.255 e. The van der Waals surface area contributed by atoms with Crippen LogP contribution >= 0.6 is 0 Å². The Balaban J connectivity index is 1.91. The number of carbonyl (C=O) groups excluding carboxylic acids is 1. The third kappa shape index (κ3) is 4.86. The van der Waals surface area contributed by atoms with E-state index >= 15 is 0 Å². The van der Waals surface area contributed by atoms with Gasteiger partial charge in [-0.3, -0.25) is 4.79 Å². The summed E-state index contributed by atoms with van der Waals surface area (Å²) in [4.78, 5) is 13.0. The monoisotopic (exact) mass is 481 g/mol. The fourth-order valence-corrected chi connectivity index (χ4v) is 6.10. The molecule has 11 heteroatoms. The topological polar surface area (TPSA) is 113 Å². The zero-order valence-electron chi connectivity index (χ0n) is 18.5. The van der Waals surface area contributed by atoms with E-state index in [4.69, 9.17) is 4.74 Å². The van der Waals surface area contributed by atoms with E-state index in [1.54, 1.807) is 32.0 Å². The number of carbonyl (C=O) groups is 1. The van der Waals surface area contributed by atoms with Gasteiger partial charge in [0.05, 0.1) is 23.0 Å². The van der Waals surface area contributed by atoms with Crippen molar-refractivity contribution >= 4 is 31.6 Å². The normalized spacial score (nSPS) is 15.7. The van der Waals surface area contributed by atoms with Crippen molar-refractivity contribution in [3.63, 3.8) is 0 Å². The van der Waals surface area contributed by atoms with Gasteiger partial charge in [0.25, 0.3) is 5.91 Å². The third-order valence-corrected chi connectivity index (χ3v) is 9.24. The summed E-state index contributed by atoms with van der Waals surface area (Å²) in [6, 6.07) is 9.06. The summed E-state index contributed by atoms with van der Waals surface area (Å²) in [5.41, 5.74) is 1.52. The third-order valence-electron chi connectivity index (χ3n) is 5.24. The number of aryl methyl sites for hydroxylation is 2. The van der Waals surface area contributed by atoms with Gasteiger partial charge in [-0.05, 0) is 49.2 Å². The average Bonchev–Trinajstić information content (AvgIpc) is 2.75. The van der Waals surface area contributed by atoms with Crippen LogP contribution in [0, 0.1) is 13.8 Å². The first-order valence-corrected chi connectivity index (χ1v) is 12.9. The SMILES string of the molecule is Cc1ccc(NC(=O)c2ccc(C)c(S(=O)(=O)N3CCOCC3)c2)cc1S(=O)(=O)N(C)C. The van der Waals surface area contributed by atoms with Crippen molar-refractivity contribution in [3.05, 3.63) is 53.1 Å². The van der Waals surface area contributed by atoms with Crippen LogP contribution in [-0.2, 0) is 24.8 Å². The number of nitrogens with zero attached hydrogens (tertiary/aromatic N) is 2. The van der Waals surface area contributed by atoms with Crippen LogP contribution in [0.25, 0.3) is 0 Å². The van der Waals surface area contributed by atoms with Gasteiger partial charge in [-0.15, -0.1) is 0 Å². The Labute approximate surface area is 189 Å². The number of hydrogen-bond acceptors (Lipinski definition) is 6. The minimum atomic E-state index is -3.77. The van der Waals surface area contributed by atoms with Crippen molar-refractivity contribution < 1.29 is 26.4 Å². The second-order valence-corrected chi connectivity index (χ2v) is 11.7. The summed E-state index contributed by atoms with van der Waals surface area (Å²) in [6.45, 7) is 4.50. The molecule has 2 aromatic rings. The number of benzene rings is 2. The van der Waals surface area contributed by atoms with Crippen LogP contribution in [0.5, 0.6) is 0 Å². The molecule has 1 saturated heterocycles. The highest BCUT2D eigenvalue weighted by Crippen LogP contribution is 2.25. The zero-order valence-corrected chi connectivity index (χ0v) is 20.1. The van der Waals surface area contributed by atoms with Crippen molar-refractivity contribution in [2.75, 3.05) is 45.7 Å². The van der Waals surface area contributed by atoms with Gasteiger partial charge in [0.2, 0.25) is 20.0 Å². The first-order chi connectivity index (χ1) is 14.9. The second kappa shape index (κ2) is 9.28. The summed E-state index contributed by atoms with van der Waals surface area (Å²) in [6.07, 6.45) is 0. The summed E-state index contributed by atoms with van der Waals surface area (Å²) in [5, 5.41) is 2.66. The molecule has 0 aromatic heterocycles. The largest absolute Gasteiger partial charge is 0.379 e. The Bertz CT molecular complexity index is 1230. The molecule has 0 spiro atoms. The van der Waals surface area contributed by atoms with E-state index in [-0.39, 0.29) is 28.4 Å². The van der Waals surface area contributed by atoms with Crippen molar-refractivity contribution in [1.82, 2.24) is 8.61 Å². The number of sulfonamides is 2. The fourth-order valence-electron chi connectivity index (χ4n) is 3.30. The summed E-state index contributed by atoms with van der Waals surface area (Å²) >= 11 is 0. The number of ether oxygens (including phenoxy) is 1. The maximum absolute atomic E-state index is 13.1. The van der Waals surface area contributed by atoms with Crippen molar-refractivity contribution in [2.45, 2.75) is 23.6 Å². The fraction of sp³-hybridized carbons (Fsp3) is 0.381. The van der Waals surface area contributed by atoms with Crippen LogP contribution in [0.2, 0.25) is 0 Å². The molecular weight excluding hydrogens is 454 g/mol. The van der Waals surface area contributed by atoms with E-state index in [2.05, 4.69) is 5.32 Å². The lowest BCUT2D eigenvalue weighted by Gasteiger charge is -2.26. The molecule has 9 nitrogen and oxygen atoms in total. The van der Waals surface area contributed by atoms with Crippen LogP contribution in [0.1, 0.15) is 21.5 Å². The maximum atomic E-state index is 13.1. The number of rotatable bonds is 6. The lowest BCUT2D eigenvalue weighted by atomic mass is 10.1. The average molecular weight is 482 g/mol. The highest BCUT2D eigenvalue weighted by molar-refractivity contribution is 7.89. The van der Waals surface area contributed by atoms with E-state index in [0.717, 1.165) is 4.31 Å². The van der Waals surface area contributed by atoms with Crippen LogP contribution in [0.15, 0.2) is 46.2 Å². The number of morpholine rings is 1. The standard InChI is InChI=1S/C21H27N3O6S2/c1-15-5-7-17(13-19(15)32(28,29)24-9-11-30-12-10-24)21(25)22-18-8-6-16(2)20(14-18)31(26,27)23(3)4/h5-8,13-14H,9-12H2,1-4H3,(H,22,25). The van der Waals surface area contributed by atoms with Gasteiger partial charge in [0, 0.05) is 38.4 Å². The van der Waals surface area contributed by atoms with Gasteiger partial charge in [0.15, 0.2) is 0 Å². The molecule has 1 aliphatic heterocycles. The molecule has 0 bridgehead atoms. The molecule has 3 rings (SSSR count). The van der Waals surface area contributed by atoms with Gasteiger partial charge in [-0.25, -0.2) is 21.1 Å². The highest BCUT2D eigenvalue weighted by atomic mass is 32.2. The number of nitrogens with one attached hydrogen (secondary N) is 1. The Morgan fingerprint density at radius 2 is 1.53 bits per heavy atom. The Morgan fingerprint density at radius 3 is 2.16 bits per heavy atom. The zero-order chi connectivity index (χ0) is 23.7. The van der Waals surface area contributed by atoms with Crippen molar-refractivity contribution in [2.24, 2.45) is 0 Å². The number of anilines is 1. The molecule has 1 N–H and O–H groups in total. The molecule has 0 radical (unpaired) electrons. The molecule has 1 aliphatic rings. The molecule has 1 amide bonds. The predicted molar refractivity (Wildman–Crippen MR) is 121 cm³/mol. The van der Waals surface area contributed by atoms with E-state index in [1.165, 1.54) is 36.6 Å². The molecular formula is C21H27N3O6S2. The Hall–Kier alpha value is -2.31. The van der Waals surface area contributed by atoms with Crippen molar-refractivity contribution in [1.29, 1.82) is 0 Å². The molecule has 1 heterocycles. The summed E-state index contributed by atoms with van der Waals surface area (Å²) < 4.78 is 58.9. The van der Waals surface area contributed by atoms with Gasteiger partial charge >= 0.3 is 0 Å². The van der Waals surface area contributed by atoms with Gasteiger partial charge in [-0.1, -0.05) is 12.1 Å². The highest BCUT2D eigenvalue weighted by Gasteiger charge is 2.28. The second-order valence-electron chi connectivity index (χ2n) is 7.72. The van der Waals surface area contributed by atoms with E-state index in [9.17, 15) is 21.6 Å². The van der Waals surface area contributed by atoms with Gasteiger partial charge in [0.1, 0.15) is 0 Å². The Kier molecular flexibility index (Phi) is 7.06. The van der Waals surface area contributed by atoms with Crippen LogP contribution in [0.3, 0.4) is 0 Å². The molecule has 0 aliphatic carbocycles. The van der Waals surface area contributed by atoms with Gasteiger partial charge in [-0.2, -0.15) is 4.31 Å². The molecule has 32 heavy (non-hydrogen) atoms. The Morgan fingerprint density at radius 1 is 0.938 bits per heavy atom. The smallest absolute Gasteiger partial charge is 0.255 e. The summed E-state index contributed by atoms with van der Waals surface area (Å²) in [5.74, 6) is -0.541. The minimum Gasteiger partial charge on any atom is -0.379 e.